The number of ether oxygens (including phenoxy) is 3. The maximum atomic E-state index is 14.1. The maximum absolute atomic E-state index is 14.1. The highest BCUT2D eigenvalue weighted by Gasteiger charge is 2.67. The lowest BCUT2D eigenvalue weighted by molar-refractivity contribution is -0.332. The second-order valence-electron chi connectivity index (χ2n) is 14.8. The quantitative estimate of drug-likeness (QED) is 0.218. The number of ketones is 1. The first kappa shape index (κ1) is 36.8. The van der Waals surface area contributed by atoms with Gasteiger partial charge in [0.05, 0.1) is 36.1 Å². The number of aliphatic hydroxyl groups is 5. The fourth-order valence-electron chi connectivity index (χ4n) is 8.98. The van der Waals surface area contributed by atoms with Gasteiger partial charge >= 0.3 is 0 Å². The van der Waals surface area contributed by atoms with Crippen LogP contribution in [0.5, 0.6) is 0 Å². The lowest BCUT2D eigenvalue weighted by Gasteiger charge is -2.50. The Kier molecular flexibility index (Phi) is 11.3. The Morgan fingerprint density at radius 3 is 2.05 bits per heavy atom. The highest BCUT2D eigenvalue weighted by molar-refractivity contribution is 5.84. The van der Waals surface area contributed by atoms with Gasteiger partial charge < -0.3 is 39.7 Å². The van der Waals surface area contributed by atoms with Crippen molar-refractivity contribution >= 4 is 5.78 Å². The van der Waals surface area contributed by atoms with Gasteiger partial charge in [0.1, 0.15) is 11.4 Å². The second kappa shape index (κ2) is 13.2. The summed E-state index contributed by atoms with van der Waals surface area (Å²) >= 11 is 0. The van der Waals surface area contributed by atoms with Crippen LogP contribution in [0.4, 0.5) is 0 Å². The van der Waals surface area contributed by atoms with E-state index in [1.54, 1.807) is 20.8 Å². The molecule has 0 spiro atoms. The molecule has 252 valence electrons. The van der Waals surface area contributed by atoms with Gasteiger partial charge in [0.2, 0.25) is 0 Å². The molecule has 3 aliphatic rings. The molecule has 5 N–H and O–H groups in total. The smallest absolute Gasteiger partial charge is 0.198 e. The average Bonchev–Trinajstić information content (AvgIpc) is 3.43. The van der Waals surface area contributed by atoms with Crippen molar-refractivity contribution in [2.75, 3.05) is 0 Å². The Labute approximate surface area is 259 Å². The zero-order chi connectivity index (χ0) is 32.9. The number of carbonyl (C=O) groups is 1. The maximum Gasteiger partial charge on any atom is 0.198 e. The first-order valence-electron chi connectivity index (χ1n) is 16.9. The summed E-state index contributed by atoms with van der Waals surface area (Å²) in [7, 11) is 0. The molecule has 3 rings (SSSR count). The predicted molar refractivity (Wildman–Crippen MR) is 164 cm³/mol. The molecule has 3 aliphatic heterocycles. The van der Waals surface area contributed by atoms with Gasteiger partial charge in [-0.1, -0.05) is 62.3 Å². The normalized spacial score (nSPS) is 47.2. The Morgan fingerprint density at radius 1 is 0.930 bits per heavy atom. The number of aliphatic hydroxyl groups excluding tert-OH is 3. The Hall–Kier alpha value is -0.650. The summed E-state index contributed by atoms with van der Waals surface area (Å²) in [4.78, 5) is 14.1. The Bertz CT molecular complexity index is 958. The molecule has 2 unspecified atom stereocenters. The minimum atomic E-state index is -1.63. The molecule has 9 heteroatoms. The summed E-state index contributed by atoms with van der Waals surface area (Å²) in [5.74, 6) is -6.24. The van der Waals surface area contributed by atoms with Crippen molar-refractivity contribution in [3.05, 3.63) is 0 Å². The summed E-state index contributed by atoms with van der Waals surface area (Å²) in [6.07, 6.45) is -0.608. The van der Waals surface area contributed by atoms with Crippen LogP contribution in [0, 0.1) is 41.4 Å². The van der Waals surface area contributed by atoms with Crippen LogP contribution in [0.25, 0.3) is 0 Å². The molecule has 0 saturated carbocycles. The predicted octanol–water partition coefficient (Wildman–Crippen LogP) is 4.19. The SMILES string of the molecule is CC[C@@H]1[C@H](O)[C@H](C)C([C@@H](C)[C@H](O)[C@H](C)C(=O)[C@H](CC)C2O[C@](C)([C@]3(O)O[C@@](CC)([C@@H](O)CC)C[C@H]3C)C[C@@H]2C)O[C@]1(C)O. The molecule has 3 saturated heterocycles. The minimum absolute atomic E-state index is 0.0638. The van der Waals surface area contributed by atoms with Gasteiger partial charge in [-0.05, 0) is 58.3 Å². The van der Waals surface area contributed by atoms with E-state index >= 15 is 0 Å². The van der Waals surface area contributed by atoms with Crippen LogP contribution in [0.2, 0.25) is 0 Å². The van der Waals surface area contributed by atoms with E-state index in [0.717, 1.165) is 0 Å². The third-order valence-corrected chi connectivity index (χ3v) is 11.9. The number of hydrogen-bond donors (Lipinski definition) is 5. The van der Waals surface area contributed by atoms with E-state index in [1.165, 1.54) is 0 Å². The van der Waals surface area contributed by atoms with Gasteiger partial charge in [0.15, 0.2) is 11.6 Å². The van der Waals surface area contributed by atoms with Crippen LogP contribution in [0.3, 0.4) is 0 Å². The van der Waals surface area contributed by atoms with Gasteiger partial charge in [-0.3, -0.25) is 4.79 Å². The van der Waals surface area contributed by atoms with Crippen LogP contribution in [0.15, 0.2) is 0 Å². The number of rotatable bonds is 12. The Morgan fingerprint density at radius 2 is 1.53 bits per heavy atom. The fourth-order valence-corrected chi connectivity index (χ4v) is 8.98. The van der Waals surface area contributed by atoms with E-state index in [0.29, 0.717) is 38.5 Å². The second-order valence-corrected chi connectivity index (χ2v) is 14.8. The third kappa shape index (κ3) is 6.23. The molecule has 0 radical (unpaired) electrons. The third-order valence-electron chi connectivity index (χ3n) is 11.9. The van der Waals surface area contributed by atoms with E-state index in [4.69, 9.17) is 14.2 Å². The molecule has 3 fully saturated rings. The summed E-state index contributed by atoms with van der Waals surface area (Å²) in [6, 6.07) is 0. The molecular formula is C34H62O9. The van der Waals surface area contributed by atoms with Crippen LogP contribution in [-0.2, 0) is 19.0 Å². The Balaban J connectivity index is 1.79. The van der Waals surface area contributed by atoms with Crippen molar-refractivity contribution in [3.63, 3.8) is 0 Å². The van der Waals surface area contributed by atoms with E-state index in [9.17, 15) is 30.3 Å². The molecule has 9 nitrogen and oxygen atoms in total. The zero-order valence-corrected chi connectivity index (χ0v) is 28.5. The van der Waals surface area contributed by atoms with Gasteiger partial charge in [-0.15, -0.1) is 0 Å². The molecule has 16 atom stereocenters. The van der Waals surface area contributed by atoms with Gasteiger partial charge in [0.25, 0.3) is 0 Å². The van der Waals surface area contributed by atoms with Crippen molar-refractivity contribution in [1.29, 1.82) is 0 Å². The topological polar surface area (TPSA) is 146 Å². The van der Waals surface area contributed by atoms with Crippen molar-refractivity contribution in [2.24, 2.45) is 41.4 Å². The molecule has 0 bridgehead atoms. The number of hydrogen-bond acceptors (Lipinski definition) is 9. The average molecular weight is 615 g/mol. The van der Waals surface area contributed by atoms with Crippen LogP contribution in [-0.4, -0.2) is 84.6 Å². The van der Waals surface area contributed by atoms with Gasteiger partial charge in [0, 0.05) is 35.5 Å². The molecule has 0 aromatic heterocycles. The molecule has 0 aliphatic carbocycles. The van der Waals surface area contributed by atoms with E-state index < -0.39 is 77.0 Å². The standard InChI is InChI=1S/C34H62O9/c1-12-23(27(37)20(7)26(36)21(8)30-22(9)28(38)24(13-2)32(11,39)42-30)29-18(5)16-31(10,41-29)34(40)19(6)17-33(15-4,43-34)25(35)14-3/h18-26,28-30,35-36,38-40H,12-17H2,1-11H3/t18-,19+,20-,21-,22-,23-,24+,25-,26+,28+,29?,30?,31-,32-,33+,34+/m0/s1. The highest BCUT2D eigenvalue weighted by Crippen LogP contribution is 2.56. The molecule has 0 amide bonds. The van der Waals surface area contributed by atoms with Crippen LogP contribution >= 0.6 is 0 Å². The van der Waals surface area contributed by atoms with Gasteiger partial charge in [-0.2, -0.15) is 0 Å². The lowest BCUT2D eigenvalue weighted by atomic mass is 9.72. The molecule has 0 aromatic rings. The summed E-state index contributed by atoms with van der Waals surface area (Å²) < 4.78 is 19.2. The van der Waals surface area contributed by atoms with Crippen LogP contribution < -0.4 is 0 Å². The van der Waals surface area contributed by atoms with Gasteiger partial charge in [-0.25, -0.2) is 0 Å². The molecule has 43 heavy (non-hydrogen) atoms. The highest BCUT2D eigenvalue weighted by atomic mass is 16.7. The lowest BCUT2D eigenvalue weighted by Crippen LogP contribution is -2.59. The van der Waals surface area contributed by atoms with Crippen molar-refractivity contribution < 1.29 is 44.5 Å². The van der Waals surface area contributed by atoms with E-state index in [2.05, 4.69) is 0 Å². The number of carbonyl (C=O) groups excluding carboxylic acids is 1. The van der Waals surface area contributed by atoms with Crippen molar-refractivity contribution in [3.8, 4) is 0 Å². The molecule has 3 heterocycles. The summed E-state index contributed by atoms with van der Waals surface area (Å²) in [5, 5.41) is 56.3. The van der Waals surface area contributed by atoms with Crippen LogP contribution in [0.1, 0.15) is 115 Å². The fraction of sp³-hybridized carbons (Fsp3) is 0.971. The van der Waals surface area contributed by atoms with Crippen molar-refractivity contribution in [1.82, 2.24) is 0 Å². The largest absolute Gasteiger partial charge is 0.392 e. The van der Waals surface area contributed by atoms with Crippen molar-refractivity contribution in [2.45, 2.75) is 168 Å². The molecule has 0 aromatic carbocycles. The first-order chi connectivity index (χ1) is 19.8. The van der Waals surface area contributed by atoms with E-state index in [1.807, 2.05) is 55.4 Å². The zero-order valence-electron chi connectivity index (χ0n) is 28.5. The molecular weight excluding hydrogens is 552 g/mol. The number of Topliss-reactive ketones (excluding diaryl/α,β-unsaturated/α-hetero) is 1. The summed E-state index contributed by atoms with van der Waals surface area (Å²) in [6.45, 7) is 20.4. The monoisotopic (exact) mass is 614 g/mol. The summed E-state index contributed by atoms with van der Waals surface area (Å²) in [5.41, 5.74) is -1.95. The first-order valence-corrected chi connectivity index (χ1v) is 16.9. The van der Waals surface area contributed by atoms with E-state index in [-0.39, 0.29) is 23.5 Å². The minimum Gasteiger partial charge on any atom is -0.392 e.